The standard InChI is InChI=1S/C21H25F5N2O4/c1-20(2,3)32-19(30)27-13-8-14(9-13)31-17-5-4-11(22)6-15(17)16-7-12(23)10-28(16)18(29)21(24,25)26/h4-6,12-14,16H,7-10H2,1-3H3,(H,27,30)/t12-,13?,14?,16+/m0/s1. The summed E-state index contributed by atoms with van der Waals surface area (Å²) in [6.07, 6.45) is -7.41. The van der Waals surface area contributed by atoms with E-state index in [1.54, 1.807) is 20.8 Å². The van der Waals surface area contributed by atoms with Crippen LogP contribution < -0.4 is 10.1 Å². The maximum atomic E-state index is 14.0. The molecule has 2 atom stereocenters. The molecule has 1 saturated carbocycles. The number of hydrogen-bond acceptors (Lipinski definition) is 4. The van der Waals surface area contributed by atoms with Gasteiger partial charge in [-0.3, -0.25) is 4.79 Å². The first-order chi connectivity index (χ1) is 14.7. The van der Waals surface area contributed by atoms with Crippen LogP contribution in [0.2, 0.25) is 0 Å². The van der Waals surface area contributed by atoms with E-state index in [2.05, 4.69) is 5.32 Å². The molecule has 11 heteroatoms. The van der Waals surface area contributed by atoms with E-state index in [4.69, 9.17) is 9.47 Å². The second kappa shape index (κ2) is 8.74. The van der Waals surface area contributed by atoms with Crippen LogP contribution in [0.4, 0.5) is 26.7 Å². The van der Waals surface area contributed by atoms with Crippen LogP contribution in [0.25, 0.3) is 0 Å². The van der Waals surface area contributed by atoms with Crippen LogP contribution in [0.5, 0.6) is 5.75 Å². The lowest BCUT2D eigenvalue weighted by atomic mass is 9.89. The van der Waals surface area contributed by atoms with Crippen LogP contribution in [-0.4, -0.2) is 53.5 Å². The van der Waals surface area contributed by atoms with Crippen LogP contribution in [0.1, 0.15) is 51.6 Å². The first-order valence-electron chi connectivity index (χ1n) is 10.2. The van der Waals surface area contributed by atoms with Gasteiger partial charge in [0.2, 0.25) is 0 Å². The van der Waals surface area contributed by atoms with Gasteiger partial charge in [-0.2, -0.15) is 13.2 Å². The topological polar surface area (TPSA) is 67.9 Å². The van der Waals surface area contributed by atoms with E-state index in [9.17, 15) is 31.5 Å². The van der Waals surface area contributed by atoms with Crippen molar-refractivity contribution in [2.24, 2.45) is 0 Å². The second-order valence-electron chi connectivity index (χ2n) is 9.04. The molecule has 32 heavy (non-hydrogen) atoms. The van der Waals surface area contributed by atoms with E-state index in [1.807, 2.05) is 0 Å². The van der Waals surface area contributed by atoms with Gasteiger partial charge in [0, 0.05) is 30.9 Å². The number of nitrogens with zero attached hydrogens (tertiary/aromatic N) is 1. The number of halogens is 5. The van der Waals surface area contributed by atoms with Crippen molar-refractivity contribution in [2.75, 3.05) is 6.54 Å². The number of benzene rings is 1. The molecular formula is C21H25F5N2O4. The first-order valence-corrected chi connectivity index (χ1v) is 10.2. The highest BCUT2D eigenvalue weighted by molar-refractivity contribution is 5.82. The van der Waals surface area contributed by atoms with Crippen molar-refractivity contribution < 1.29 is 41.0 Å². The number of nitrogens with one attached hydrogen (secondary N) is 1. The second-order valence-corrected chi connectivity index (χ2v) is 9.04. The molecule has 3 rings (SSSR count). The Labute approximate surface area is 182 Å². The number of amides is 2. The van der Waals surface area contributed by atoms with Gasteiger partial charge in [-0.15, -0.1) is 0 Å². The largest absolute Gasteiger partial charge is 0.490 e. The van der Waals surface area contributed by atoms with E-state index in [0.717, 1.165) is 12.1 Å². The maximum absolute atomic E-state index is 14.0. The van der Waals surface area contributed by atoms with Gasteiger partial charge in [-0.1, -0.05) is 0 Å². The van der Waals surface area contributed by atoms with Gasteiger partial charge >= 0.3 is 18.2 Å². The monoisotopic (exact) mass is 464 g/mol. The molecule has 178 valence electrons. The van der Waals surface area contributed by atoms with Gasteiger partial charge in [0.25, 0.3) is 0 Å². The highest BCUT2D eigenvalue weighted by Gasteiger charge is 2.49. The number of likely N-dealkylation sites (tertiary alicyclic amines) is 1. The fraction of sp³-hybridized carbons (Fsp3) is 0.619. The van der Waals surface area contributed by atoms with Gasteiger partial charge < -0.3 is 19.7 Å². The molecule has 2 fully saturated rings. The number of alkyl halides is 4. The van der Waals surface area contributed by atoms with E-state index >= 15 is 0 Å². The van der Waals surface area contributed by atoms with Crippen LogP contribution in [-0.2, 0) is 9.53 Å². The number of hydrogen-bond donors (Lipinski definition) is 1. The maximum Gasteiger partial charge on any atom is 0.471 e. The highest BCUT2D eigenvalue weighted by atomic mass is 19.4. The molecule has 1 aliphatic heterocycles. The summed E-state index contributed by atoms with van der Waals surface area (Å²) < 4.78 is 77.7. The van der Waals surface area contributed by atoms with E-state index in [0.29, 0.717) is 17.7 Å². The number of rotatable bonds is 4. The van der Waals surface area contributed by atoms with E-state index in [-0.39, 0.29) is 17.4 Å². The molecule has 6 nitrogen and oxygen atoms in total. The smallest absolute Gasteiger partial charge is 0.471 e. The minimum Gasteiger partial charge on any atom is -0.490 e. The lowest BCUT2D eigenvalue weighted by molar-refractivity contribution is -0.186. The molecule has 1 aliphatic carbocycles. The quantitative estimate of drug-likeness (QED) is 0.670. The van der Waals surface area contributed by atoms with Gasteiger partial charge in [0.05, 0.1) is 12.6 Å². The Morgan fingerprint density at radius 2 is 1.78 bits per heavy atom. The minimum atomic E-state index is -5.18. The van der Waals surface area contributed by atoms with Crippen molar-refractivity contribution in [1.82, 2.24) is 10.2 Å². The lowest BCUT2D eigenvalue weighted by Crippen LogP contribution is -2.50. The molecule has 1 aromatic rings. The predicted molar refractivity (Wildman–Crippen MR) is 103 cm³/mol. The Bertz CT molecular complexity index is 865. The van der Waals surface area contributed by atoms with Crippen LogP contribution in [0, 0.1) is 5.82 Å². The summed E-state index contributed by atoms with van der Waals surface area (Å²) in [6, 6.07) is 1.76. The van der Waals surface area contributed by atoms with Gasteiger partial charge in [0.1, 0.15) is 29.4 Å². The zero-order valence-electron chi connectivity index (χ0n) is 17.8. The third-order valence-electron chi connectivity index (χ3n) is 5.19. The predicted octanol–water partition coefficient (Wildman–Crippen LogP) is 4.43. The fourth-order valence-corrected chi connectivity index (χ4v) is 3.79. The molecular weight excluding hydrogens is 439 g/mol. The lowest BCUT2D eigenvalue weighted by Gasteiger charge is -2.37. The van der Waals surface area contributed by atoms with Crippen molar-refractivity contribution in [3.63, 3.8) is 0 Å². The van der Waals surface area contributed by atoms with Crippen LogP contribution >= 0.6 is 0 Å². The minimum absolute atomic E-state index is 0.0219. The summed E-state index contributed by atoms with van der Waals surface area (Å²) in [7, 11) is 0. The Kier molecular flexibility index (Phi) is 6.57. The molecule has 0 aromatic heterocycles. The molecule has 0 spiro atoms. The average molecular weight is 464 g/mol. The molecule has 2 amide bonds. The average Bonchev–Trinajstić information content (AvgIpc) is 2.99. The molecule has 1 N–H and O–H groups in total. The molecule has 1 saturated heterocycles. The highest BCUT2D eigenvalue weighted by Crippen LogP contribution is 2.41. The van der Waals surface area contributed by atoms with Crippen molar-refractivity contribution in [3.05, 3.63) is 29.6 Å². The number of ether oxygens (including phenoxy) is 2. The summed E-state index contributed by atoms with van der Waals surface area (Å²) in [6.45, 7) is 4.46. The first kappa shape index (κ1) is 24.1. The molecule has 0 unspecified atom stereocenters. The van der Waals surface area contributed by atoms with E-state index in [1.165, 1.54) is 6.07 Å². The summed E-state index contributed by atoms with van der Waals surface area (Å²) >= 11 is 0. The molecule has 0 radical (unpaired) electrons. The normalized spacial score (nSPS) is 25.8. The molecule has 1 heterocycles. The van der Waals surface area contributed by atoms with Crippen molar-refractivity contribution in [3.8, 4) is 5.75 Å². The van der Waals surface area contributed by atoms with Gasteiger partial charge in [-0.25, -0.2) is 13.6 Å². The Morgan fingerprint density at radius 1 is 1.12 bits per heavy atom. The summed E-state index contributed by atoms with van der Waals surface area (Å²) in [5.74, 6) is -2.85. The van der Waals surface area contributed by atoms with Crippen molar-refractivity contribution in [1.29, 1.82) is 0 Å². The SMILES string of the molecule is CC(C)(C)OC(=O)NC1CC(Oc2ccc(F)cc2[C@H]2C[C@H](F)CN2C(=O)C(F)(F)F)C1. The van der Waals surface area contributed by atoms with Crippen LogP contribution in [0.15, 0.2) is 18.2 Å². The number of alkyl carbamates (subject to hydrolysis) is 1. The zero-order chi connectivity index (χ0) is 23.8. The third kappa shape index (κ3) is 5.80. The molecule has 1 aromatic carbocycles. The van der Waals surface area contributed by atoms with Gasteiger partial charge in [0.15, 0.2) is 0 Å². The molecule has 2 aliphatic rings. The number of carbonyl (C=O) groups is 2. The third-order valence-corrected chi connectivity index (χ3v) is 5.19. The fourth-order valence-electron chi connectivity index (χ4n) is 3.79. The summed E-state index contributed by atoms with van der Waals surface area (Å²) in [5, 5.41) is 2.68. The Balaban J connectivity index is 1.69. The Hall–Kier alpha value is -2.59. The van der Waals surface area contributed by atoms with Gasteiger partial charge in [-0.05, 0) is 39.0 Å². The van der Waals surface area contributed by atoms with E-state index < -0.39 is 60.9 Å². The van der Waals surface area contributed by atoms with Crippen LogP contribution in [0.3, 0.4) is 0 Å². The summed E-state index contributed by atoms with van der Waals surface area (Å²) in [5.41, 5.74) is -0.673. The molecule has 0 bridgehead atoms. The number of carbonyl (C=O) groups excluding carboxylic acids is 2. The van der Waals surface area contributed by atoms with Crippen molar-refractivity contribution >= 4 is 12.0 Å². The summed E-state index contributed by atoms with van der Waals surface area (Å²) in [4.78, 5) is 24.0. The zero-order valence-corrected chi connectivity index (χ0v) is 17.8. The Morgan fingerprint density at radius 3 is 2.38 bits per heavy atom. The van der Waals surface area contributed by atoms with Crippen molar-refractivity contribution in [2.45, 2.75) is 76.2 Å².